The van der Waals surface area contributed by atoms with Crippen molar-refractivity contribution in [2.24, 2.45) is 5.73 Å². The first-order chi connectivity index (χ1) is 9.33. The quantitative estimate of drug-likeness (QED) is 0.766. The number of nitrogens with one attached hydrogen (secondary N) is 1. The molecule has 5 heteroatoms. The number of H-pyrrole nitrogens is 1. The van der Waals surface area contributed by atoms with Crippen LogP contribution in [0.5, 0.6) is 0 Å². The number of benzene rings is 1. The Bertz CT molecular complexity index is 763. The number of nitriles is 1. The van der Waals surface area contributed by atoms with Gasteiger partial charge in [0.25, 0.3) is 0 Å². The van der Waals surface area contributed by atoms with Crippen LogP contribution in [0.2, 0.25) is 0 Å². The maximum atomic E-state index is 9.25. The number of aromatic amines is 1. The van der Waals surface area contributed by atoms with Crippen LogP contribution in [0.4, 0.5) is 0 Å². The average Bonchev–Trinajstić information content (AvgIpc) is 3.02. The number of hydrogen-bond acceptors (Lipinski definition) is 4. The molecule has 0 unspecified atom stereocenters. The van der Waals surface area contributed by atoms with Crippen LogP contribution in [-0.4, -0.2) is 16.5 Å². The maximum absolute atomic E-state index is 9.25. The summed E-state index contributed by atoms with van der Waals surface area (Å²) in [5.41, 5.74) is 8.34. The highest BCUT2D eigenvalue weighted by molar-refractivity contribution is 7.12. The molecule has 19 heavy (non-hydrogen) atoms. The standard InChI is InChI=1S/C14H12N4S/c15-6-5-13-18-14(12(7-16)19-13)10-8-17-11-4-2-1-3-9(10)11/h1-4,8,17H,5-6,15H2. The van der Waals surface area contributed by atoms with Gasteiger partial charge in [-0.2, -0.15) is 5.26 Å². The molecule has 3 aromatic rings. The van der Waals surface area contributed by atoms with Gasteiger partial charge in [-0.1, -0.05) is 18.2 Å². The van der Waals surface area contributed by atoms with E-state index in [1.165, 1.54) is 11.3 Å². The maximum Gasteiger partial charge on any atom is 0.132 e. The lowest BCUT2D eigenvalue weighted by Crippen LogP contribution is -2.01. The molecule has 0 saturated carbocycles. The number of thiazole rings is 1. The second-order valence-electron chi connectivity index (χ2n) is 4.18. The fraction of sp³-hybridized carbons (Fsp3) is 0.143. The summed E-state index contributed by atoms with van der Waals surface area (Å²) >= 11 is 1.42. The van der Waals surface area contributed by atoms with Crippen LogP contribution in [0.1, 0.15) is 9.88 Å². The first-order valence-electron chi connectivity index (χ1n) is 6.00. The van der Waals surface area contributed by atoms with Crippen LogP contribution in [-0.2, 0) is 6.42 Å². The van der Waals surface area contributed by atoms with E-state index in [1.807, 2.05) is 30.5 Å². The van der Waals surface area contributed by atoms with Crippen molar-refractivity contribution >= 4 is 22.2 Å². The summed E-state index contributed by atoms with van der Waals surface area (Å²) < 4.78 is 0. The third-order valence-corrected chi connectivity index (χ3v) is 4.00. The van der Waals surface area contributed by atoms with E-state index in [0.29, 0.717) is 17.8 Å². The van der Waals surface area contributed by atoms with Crippen molar-refractivity contribution in [3.63, 3.8) is 0 Å². The Balaban J connectivity index is 2.18. The van der Waals surface area contributed by atoms with Crippen molar-refractivity contribution in [1.29, 1.82) is 5.26 Å². The molecule has 3 rings (SSSR count). The van der Waals surface area contributed by atoms with Crippen LogP contribution in [0.15, 0.2) is 30.5 Å². The molecule has 0 aliphatic heterocycles. The van der Waals surface area contributed by atoms with Gasteiger partial charge < -0.3 is 10.7 Å². The Kier molecular flexibility index (Phi) is 3.03. The van der Waals surface area contributed by atoms with Gasteiger partial charge >= 0.3 is 0 Å². The molecule has 0 amide bonds. The fourth-order valence-electron chi connectivity index (χ4n) is 2.12. The molecule has 0 bridgehead atoms. The number of nitrogens with two attached hydrogens (primary N) is 1. The first-order valence-corrected chi connectivity index (χ1v) is 6.81. The van der Waals surface area contributed by atoms with Crippen molar-refractivity contribution in [1.82, 2.24) is 9.97 Å². The van der Waals surface area contributed by atoms with E-state index < -0.39 is 0 Å². The van der Waals surface area contributed by atoms with Gasteiger partial charge in [0.15, 0.2) is 0 Å². The van der Waals surface area contributed by atoms with E-state index in [1.54, 1.807) is 0 Å². The smallest absolute Gasteiger partial charge is 0.132 e. The van der Waals surface area contributed by atoms with Crippen molar-refractivity contribution in [2.75, 3.05) is 6.54 Å². The third kappa shape index (κ3) is 2.01. The van der Waals surface area contributed by atoms with Crippen LogP contribution in [0.3, 0.4) is 0 Å². The number of hydrogen-bond donors (Lipinski definition) is 2. The molecule has 0 aliphatic rings. The highest BCUT2D eigenvalue weighted by Crippen LogP contribution is 2.33. The summed E-state index contributed by atoms with van der Waals surface area (Å²) in [4.78, 5) is 8.42. The largest absolute Gasteiger partial charge is 0.360 e. The van der Waals surface area contributed by atoms with Crippen molar-refractivity contribution in [3.8, 4) is 17.3 Å². The van der Waals surface area contributed by atoms with Gasteiger partial charge in [-0.05, 0) is 12.6 Å². The second-order valence-corrected chi connectivity index (χ2v) is 5.27. The summed E-state index contributed by atoms with van der Waals surface area (Å²) in [6.45, 7) is 0.547. The van der Waals surface area contributed by atoms with E-state index in [9.17, 15) is 5.26 Å². The number of nitrogens with zero attached hydrogens (tertiary/aromatic N) is 2. The second kappa shape index (κ2) is 4.84. The minimum Gasteiger partial charge on any atom is -0.360 e. The third-order valence-electron chi connectivity index (χ3n) is 2.98. The SMILES string of the molecule is N#Cc1sc(CCN)nc1-c1c[nH]c2ccccc12. The van der Waals surface area contributed by atoms with Crippen molar-refractivity contribution in [2.45, 2.75) is 6.42 Å². The predicted octanol–water partition coefficient (Wildman–Crippen LogP) is 2.66. The summed E-state index contributed by atoms with van der Waals surface area (Å²) in [6.07, 6.45) is 2.62. The van der Waals surface area contributed by atoms with Gasteiger partial charge in [-0.15, -0.1) is 11.3 Å². The molecule has 94 valence electrons. The van der Waals surface area contributed by atoms with E-state index in [4.69, 9.17) is 5.73 Å². The Morgan fingerprint density at radius 1 is 1.37 bits per heavy atom. The predicted molar refractivity (Wildman–Crippen MR) is 76.9 cm³/mol. The van der Waals surface area contributed by atoms with Gasteiger partial charge in [0.1, 0.15) is 16.6 Å². The Labute approximate surface area is 114 Å². The summed E-state index contributed by atoms with van der Waals surface area (Å²) in [7, 11) is 0. The lowest BCUT2D eigenvalue weighted by molar-refractivity contribution is 0.954. The van der Waals surface area contributed by atoms with E-state index in [0.717, 1.165) is 27.2 Å². The lowest BCUT2D eigenvalue weighted by Gasteiger charge is -1.95. The van der Waals surface area contributed by atoms with Crippen LogP contribution in [0, 0.1) is 11.3 Å². The molecule has 0 spiro atoms. The van der Waals surface area contributed by atoms with Crippen LogP contribution < -0.4 is 5.73 Å². The number of rotatable bonds is 3. The van der Waals surface area contributed by atoms with Crippen LogP contribution in [0.25, 0.3) is 22.2 Å². The zero-order valence-electron chi connectivity index (χ0n) is 10.2. The molecule has 3 N–H and O–H groups in total. The highest BCUT2D eigenvalue weighted by atomic mass is 32.1. The van der Waals surface area contributed by atoms with E-state index >= 15 is 0 Å². The molecular formula is C14H12N4S. The van der Waals surface area contributed by atoms with Gasteiger partial charge in [0, 0.05) is 29.1 Å². The minimum atomic E-state index is 0.547. The van der Waals surface area contributed by atoms with Gasteiger partial charge in [0.05, 0.1) is 5.01 Å². The molecule has 1 aromatic carbocycles. The number of fused-ring (bicyclic) bond motifs is 1. The topological polar surface area (TPSA) is 78.5 Å². The molecule has 2 heterocycles. The Morgan fingerprint density at radius 2 is 2.21 bits per heavy atom. The number of para-hydroxylation sites is 1. The minimum absolute atomic E-state index is 0.547. The van der Waals surface area contributed by atoms with E-state index in [-0.39, 0.29) is 0 Å². The Hall–Kier alpha value is -2.16. The highest BCUT2D eigenvalue weighted by Gasteiger charge is 2.15. The van der Waals surface area contributed by atoms with Crippen molar-refractivity contribution in [3.05, 3.63) is 40.3 Å². The monoisotopic (exact) mass is 268 g/mol. The van der Waals surface area contributed by atoms with Gasteiger partial charge in [0.2, 0.25) is 0 Å². The molecule has 0 radical (unpaired) electrons. The summed E-state index contributed by atoms with van der Waals surface area (Å²) in [5.74, 6) is 0. The molecule has 0 aliphatic carbocycles. The zero-order valence-corrected chi connectivity index (χ0v) is 11.0. The van der Waals surface area contributed by atoms with E-state index in [2.05, 4.69) is 16.0 Å². The van der Waals surface area contributed by atoms with Gasteiger partial charge in [-0.3, -0.25) is 0 Å². The fourth-order valence-corrected chi connectivity index (χ4v) is 3.01. The lowest BCUT2D eigenvalue weighted by atomic mass is 10.1. The summed E-state index contributed by atoms with van der Waals surface area (Å²) in [5, 5.41) is 11.3. The molecule has 0 fully saturated rings. The average molecular weight is 268 g/mol. The van der Waals surface area contributed by atoms with Crippen molar-refractivity contribution < 1.29 is 0 Å². The molecule has 4 nitrogen and oxygen atoms in total. The van der Waals surface area contributed by atoms with Gasteiger partial charge in [-0.25, -0.2) is 4.98 Å². The van der Waals surface area contributed by atoms with Crippen LogP contribution >= 0.6 is 11.3 Å². The first kappa shape index (κ1) is 11.9. The normalized spacial score (nSPS) is 10.7. The zero-order chi connectivity index (χ0) is 13.2. The number of aromatic nitrogens is 2. The molecule has 0 atom stereocenters. The molecule has 2 aromatic heterocycles. The summed E-state index contributed by atoms with van der Waals surface area (Å²) in [6, 6.07) is 10.2. The molecular weight excluding hydrogens is 256 g/mol. The Morgan fingerprint density at radius 3 is 3.00 bits per heavy atom. The molecule has 0 saturated heterocycles.